The van der Waals surface area contributed by atoms with Crippen LogP contribution in [0.5, 0.6) is 11.5 Å². The van der Waals surface area contributed by atoms with E-state index in [9.17, 15) is 4.79 Å². The van der Waals surface area contributed by atoms with Gasteiger partial charge in [-0.15, -0.1) is 0 Å². The molecule has 2 heterocycles. The average Bonchev–Trinajstić information content (AvgIpc) is 2.94. The number of rotatable bonds is 6. The summed E-state index contributed by atoms with van der Waals surface area (Å²) in [6, 6.07) is 5.98. The monoisotopic (exact) mass is 394 g/mol. The highest BCUT2D eigenvalue weighted by Gasteiger charge is 2.28. The van der Waals surface area contributed by atoms with Gasteiger partial charge in [0.25, 0.3) is 0 Å². The van der Waals surface area contributed by atoms with Crippen LogP contribution in [-0.2, 0) is 16.0 Å². The molecule has 0 radical (unpaired) electrons. The van der Waals surface area contributed by atoms with Crippen LogP contribution >= 0.6 is 11.8 Å². The minimum absolute atomic E-state index is 0.197. The van der Waals surface area contributed by atoms with Gasteiger partial charge in [0.1, 0.15) is 0 Å². The number of methoxy groups -OCH3 is 2. The lowest BCUT2D eigenvalue weighted by Gasteiger charge is -2.35. The first-order chi connectivity index (χ1) is 13.2. The molecule has 7 heteroatoms. The standard InChI is InChI=1S/C20H30N2O4S/c1-24-18-5-4-16(12-19(18)25-2)13-20(23)22-6-3-11-27-15-17(22)14-21-7-9-26-10-8-21/h4-5,12,17H,3,6-11,13-15H2,1-2H3/t17-/m1/s1. The van der Waals surface area contributed by atoms with E-state index in [2.05, 4.69) is 9.80 Å². The fraction of sp³-hybridized carbons (Fsp3) is 0.650. The van der Waals surface area contributed by atoms with Crippen LogP contribution in [0.2, 0.25) is 0 Å². The number of benzene rings is 1. The van der Waals surface area contributed by atoms with Gasteiger partial charge in [0.15, 0.2) is 11.5 Å². The summed E-state index contributed by atoms with van der Waals surface area (Å²) in [4.78, 5) is 17.7. The summed E-state index contributed by atoms with van der Waals surface area (Å²) in [5.41, 5.74) is 0.958. The number of carbonyl (C=O) groups is 1. The van der Waals surface area contributed by atoms with Crippen molar-refractivity contribution in [2.75, 3.05) is 65.1 Å². The van der Waals surface area contributed by atoms with Crippen LogP contribution in [0.1, 0.15) is 12.0 Å². The van der Waals surface area contributed by atoms with E-state index in [1.807, 2.05) is 30.0 Å². The van der Waals surface area contributed by atoms with E-state index in [-0.39, 0.29) is 11.9 Å². The quantitative estimate of drug-likeness (QED) is 0.735. The highest BCUT2D eigenvalue weighted by atomic mass is 32.2. The van der Waals surface area contributed by atoms with Crippen LogP contribution < -0.4 is 9.47 Å². The molecule has 0 aromatic heterocycles. The fourth-order valence-electron chi connectivity index (χ4n) is 3.66. The molecule has 0 N–H and O–H groups in total. The van der Waals surface area contributed by atoms with E-state index in [0.29, 0.717) is 17.9 Å². The molecule has 150 valence electrons. The minimum Gasteiger partial charge on any atom is -0.493 e. The van der Waals surface area contributed by atoms with Crippen molar-refractivity contribution in [3.8, 4) is 11.5 Å². The molecular formula is C20H30N2O4S. The topological polar surface area (TPSA) is 51.2 Å². The zero-order chi connectivity index (χ0) is 19.1. The van der Waals surface area contributed by atoms with E-state index in [1.54, 1.807) is 14.2 Å². The van der Waals surface area contributed by atoms with Gasteiger partial charge in [-0.25, -0.2) is 0 Å². The predicted octanol–water partition coefficient (Wildman–Crippen LogP) is 1.91. The maximum absolute atomic E-state index is 13.1. The molecule has 1 aromatic rings. The van der Waals surface area contributed by atoms with Crippen molar-refractivity contribution in [3.05, 3.63) is 23.8 Å². The molecule has 0 saturated carbocycles. The first kappa shape index (κ1) is 20.3. The number of thioether (sulfide) groups is 1. The molecular weight excluding hydrogens is 364 g/mol. The zero-order valence-corrected chi connectivity index (χ0v) is 17.1. The third-order valence-corrected chi connectivity index (χ3v) is 6.33. The summed E-state index contributed by atoms with van der Waals surface area (Å²) in [5, 5.41) is 0. The molecule has 2 saturated heterocycles. The largest absolute Gasteiger partial charge is 0.493 e. The molecule has 2 fully saturated rings. The molecule has 1 atom stereocenters. The number of hydrogen-bond donors (Lipinski definition) is 0. The second-order valence-corrected chi connectivity index (χ2v) is 8.10. The van der Waals surface area contributed by atoms with E-state index >= 15 is 0 Å². The zero-order valence-electron chi connectivity index (χ0n) is 16.3. The van der Waals surface area contributed by atoms with Crippen molar-refractivity contribution in [2.45, 2.75) is 18.9 Å². The highest BCUT2D eigenvalue weighted by Crippen LogP contribution is 2.28. The van der Waals surface area contributed by atoms with Gasteiger partial charge in [0.2, 0.25) is 5.91 Å². The van der Waals surface area contributed by atoms with Gasteiger partial charge in [-0.2, -0.15) is 11.8 Å². The van der Waals surface area contributed by atoms with E-state index < -0.39 is 0 Å². The van der Waals surface area contributed by atoms with Crippen LogP contribution in [0.15, 0.2) is 18.2 Å². The lowest BCUT2D eigenvalue weighted by atomic mass is 10.1. The highest BCUT2D eigenvalue weighted by molar-refractivity contribution is 7.99. The summed E-state index contributed by atoms with van der Waals surface area (Å²) in [6.45, 7) is 5.28. The Morgan fingerprint density at radius 2 is 1.96 bits per heavy atom. The predicted molar refractivity (Wildman–Crippen MR) is 108 cm³/mol. The lowest BCUT2D eigenvalue weighted by Crippen LogP contribution is -2.50. The number of ether oxygens (including phenoxy) is 3. The number of carbonyl (C=O) groups excluding carboxylic acids is 1. The number of morpholine rings is 1. The van der Waals surface area contributed by atoms with Crippen molar-refractivity contribution >= 4 is 17.7 Å². The van der Waals surface area contributed by atoms with Gasteiger partial charge in [0.05, 0.1) is 39.9 Å². The SMILES string of the molecule is COc1ccc(CC(=O)N2CCCSC[C@H]2CN2CCOCC2)cc1OC. The Labute approximate surface area is 166 Å². The fourth-order valence-corrected chi connectivity index (χ4v) is 4.71. The first-order valence-corrected chi connectivity index (χ1v) is 10.7. The molecule has 3 rings (SSSR count). The van der Waals surface area contributed by atoms with Gasteiger partial charge in [-0.1, -0.05) is 6.07 Å². The summed E-state index contributed by atoms with van der Waals surface area (Å²) >= 11 is 1.96. The van der Waals surface area contributed by atoms with Crippen LogP contribution in [0.25, 0.3) is 0 Å². The van der Waals surface area contributed by atoms with Crippen molar-refractivity contribution in [1.82, 2.24) is 9.80 Å². The Morgan fingerprint density at radius 3 is 2.70 bits per heavy atom. The van der Waals surface area contributed by atoms with Crippen molar-refractivity contribution in [3.63, 3.8) is 0 Å². The third kappa shape index (κ3) is 5.53. The Bertz CT molecular complexity index is 622. The molecule has 1 aromatic carbocycles. The molecule has 6 nitrogen and oxygen atoms in total. The number of nitrogens with zero attached hydrogens (tertiary/aromatic N) is 2. The van der Waals surface area contributed by atoms with E-state index in [4.69, 9.17) is 14.2 Å². The molecule has 2 aliphatic heterocycles. The maximum Gasteiger partial charge on any atom is 0.227 e. The van der Waals surface area contributed by atoms with Gasteiger partial charge >= 0.3 is 0 Å². The lowest BCUT2D eigenvalue weighted by molar-refractivity contribution is -0.132. The molecule has 2 aliphatic rings. The number of hydrogen-bond acceptors (Lipinski definition) is 6. The Balaban J connectivity index is 1.67. The van der Waals surface area contributed by atoms with Crippen molar-refractivity contribution in [2.24, 2.45) is 0 Å². The average molecular weight is 395 g/mol. The van der Waals surface area contributed by atoms with Crippen LogP contribution in [0.4, 0.5) is 0 Å². The van der Waals surface area contributed by atoms with Crippen LogP contribution in [0, 0.1) is 0 Å². The Hall–Kier alpha value is -1.44. The van der Waals surface area contributed by atoms with Gasteiger partial charge < -0.3 is 19.1 Å². The second-order valence-electron chi connectivity index (χ2n) is 6.95. The molecule has 0 unspecified atom stereocenters. The van der Waals surface area contributed by atoms with Crippen molar-refractivity contribution in [1.29, 1.82) is 0 Å². The van der Waals surface area contributed by atoms with E-state index in [1.165, 1.54) is 0 Å². The normalized spacial score (nSPS) is 21.6. The summed E-state index contributed by atoms with van der Waals surface area (Å²) in [6.07, 6.45) is 1.45. The molecule has 27 heavy (non-hydrogen) atoms. The summed E-state index contributed by atoms with van der Waals surface area (Å²) < 4.78 is 16.1. The Morgan fingerprint density at radius 1 is 1.19 bits per heavy atom. The van der Waals surface area contributed by atoms with Gasteiger partial charge in [-0.3, -0.25) is 9.69 Å². The molecule has 0 spiro atoms. The molecule has 1 amide bonds. The first-order valence-electron chi connectivity index (χ1n) is 9.59. The maximum atomic E-state index is 13.1. The van der Waals surface area contributed by atoms with E-state index in [0.717, 1.165) is 62.9 Å². The smallest absolute Gasteiger partial charge is 0.227 e. The Kier molecular flexibility index (Phi) is 7.67. The summed E-state index contributed by atoms with van der Waals surface area (Å²) in [7, 11) is 3.24. The van der Waals surface area contributed by atoms with Crippen molar-refractivity contribution < 1.29 is 19.0 Å². The van der Waals surface area contributed by atoms with Crippen LogP contribution in [0.3, 0.4) is 0 Å². The molecule has 0 bridgehead atoms. The molecule has 0 aliphatic carbocycles. The minimum atomic E-state index is 0.197. The van der Waals surface area contributed by atoms with Gasteiger partial charge in [0, 0.05) is 31.9 Å². The second kappa shape index (κ2) is 10.2. The number of amides is 1. The van der Waals surface area contributed by atoms with Gasteiger partial charge in [-0.05, 0) is 29.9 Å². The third-order valence-electron chi connectivity index (χ3n) is 5.14. The summed E-state index contributed by atoms with van der Waals surface area (Å²) in [5.74, 6) is 3.68. The van der Waals surface area contributed by atoms with Crippen LogP contribution in [-0.4, -0.2) is 86.9 Å².